The number of carboxylic acid groups (broad SMARTS) is 1. The molecule has 1 aliphatic heterocycles. The topological polar surface area (TPSA) is 83.9 Å². The maximum Gasteiger partial charge on any atom is 0.335 e. The molecular formula is C14H15NO5. The number of carboxylic acids is 1. The normalized spacial score (nSPS) is 22.2. The van der Waals surface area contributed by atoms with Gasteiger partial charge in [-0.1, -0.05) is 13.8 Å². The molecule has 0 saturated carbocycles. The third-order valence-electron chi connectivity index (χ3n) is 3.64. The number of ether oxygens (including phenoxy) is 1. The third-order valence-corrected chi connectivity index (χ3v) is 3.64. The lowest BCUT2D eigenvalue weighted by Gasteiger charge is -2.18. The molecule has 2 unspecified atom stereocenters. The van der Waals surface area contributed by atoms with Gasteiger partial charge in [-0.15, -0.1) is 0 Å². The van der Waals surface area contributed by atoms with Crippen LogP contribution in [0.5, 0.6) is 5.75 Å². The van der Waals surface area contributed by atoms with Gasteiger partial charge in [-0.3, -0.25) is 9.59 Å². The molecule has 6 nitrogen and oxygen atoms in total. The predicted molar refractivity (Wildman–Crippen MR) is 70.8 cm³/mol. The second kappa shape index (κ2) is 4.96. The van der Waals surface area contributed by atoms with E-state index in [1.54, 1.807) is 13.8 Å². The van der Waals surface area contributed by atoms with Crippen LogP contribution in [-0.2, 0) is 9.59 Å². The standard InChI is InChI=1S/C14H15NO5/c1-7-8(2)13(17)15(12(7)16)10-6-9(14(18)19)4-5-11(10)20-3/h4-8H,1-3H3,(H,18,19). The van der Waals surface area contributed by atoms with Crippen molar-refractivity contribution in [1.82, 2.24) is 0 Å². The van der Waals surface area contributed by atoms with Crippen molar-refractivity contribution in [3.63, 3.8) is 0 Å². The molecule has 2 amide bonds. The summed E-state index contributed by atoms with van der Waals surface area (Å²) in [5.41, 5.74) is 0.173. The number of imide groups is 1. The van der Waals surface area contributed by atoms with Crippen molar-refractivity contribution in [2.45, 2.75) is 13.8 Å². The fraction of sp³-hybridized carbons (Fsp3) is 0.357. The maximum atomic E-state index is 12.2. The number of benzene rings is 1. The number of hydrogen-bond donors (Lipinski definition) is 1. The van der Waals surface area contributed by atoms with E-state index in [1.165, 1.54) is 25.3 Å². The Morgan fingerprint density at radius 3 is 2.20 bits per heavy atom. The van der Waals surface area contributed by atoms with Gasteiger partial charge in [0.05, 0.1) is 18.4 Å². The summed E-state index contributed by atoms with van der Waals surface area (Å²) < 4.78 is 5.12. The number of methoxy groups -OCH3 is 1. The highest BCUT2D eigenvalue weighted by atomic mass is 16.5. The van der Waals surface area contributed by atoms with Gasteiger partial charge < -0.3 is 9.84 Å². The minimum atomic E-state index is -1.13. The highest BCUT2D eigenvalue weighted by molar-refractivity contribution is 6.22. The number of rotatable bonds is 3. The van der Waals surface area contributed by atoms with Crippen LogP contribution in [0.1, 0.15) is 24.2 Å². The number of nitrogens with zero attached hydrogens (tertiary/aromatic N) is 1. The predicted octanol–water partition coefficient (Wildman–Crippen LogP) is 1.54. The summed E-state index contributed by atoms with van der Waals surface area (Å²) in [5.74, 6) is -2.39. The van der Waals surface area contributed by atoms with Crippen LogP contribution in [-0.4, -0.2) is 30.0 Å². The average molecular weight is 277 g/mol. The Labute approximate surface area is 115 Å². The molecule has 106 valence electrons. The molecule has 0 radical (unpaired) electrons. The molecular weight excluding hydrogens is 262 g/mol. The van der Waals surface area contributed by atoms with E-state index in [0.29, 0.717) is 0 Å². The molecule has 1 aromatic rings. The monoisotopic (exact) mass is 277 g/mol. The molecule has 1 fully saturated rings. The molecule has 0 aromatic heterocycles. The van der Waals surface area contributed by atoms with Gasteiger partial charge in [-0.2, -0.15) is 0 Å². The molecule has 6 heteroatoms. The van der Waals surface area contributed by atoms with E-state index in [9.17, 15) is 14.4 Å². The zero-order chi connectivity index (χ0) is 15.0. The molecule has 0 bridgehead atoms. The largest absolute Gasteiger partial charge is 0.495 e. The zero-order valence-electron chi connectivity index (χ0n) is 11.4. The molecule has 1 aliphatic rings. The van der Waals surface area contributed by atoms with Crippen molar-refractivity contribution in [2.24, 2.45) is 11.8 Å². The molecule has 2 rings (SSSR count). The fourth-order valence-electron chi connectivity index (χ4n) is 2.18. The number of carbonyl (C=O) groups is 3. The summed E-state index contributed by atoms with van der Waals surface area (Å²) in [4.78, 5) is 36.4. The first-order valence-corrected chi connectivity index (χ1v) is 6.17. The van der Waals surface area contributed by atoms with Gasteiger partial charge in [0.1, 0.15) is 5.75 Å². The number of aromatic carboxylic acids is 1. The highest BCUT2D eigenvalue weighted by Crippen LogP contribution is 2.36. The summed E-state index contributed by atoms with van der Waals surface area (Å²) >= 11 is 0. The summed E-state index contributed by atoms with van der Waals surface area (Å²) in [6.45, 7) is 3.36. The van der Waals surface area contributed by atoms with E-state index < -0.39 is 17.8 Å². The average Bonchev–Trinajstić information content (AvgIpc) is 2.62. The Balaban J connectivity index is 2.56. The van der Waals surface area contributed by atoms with Crippen molar-refractivity contribution in [3.8, 4) is 5.75 Å². The first-order chi connectivity index (χ1) is 9.38. The second-order valence-corrected chi connectivity index (χ2v) is 4.78. The number of anilines is 1. The molecule has 20 heavy (non-hydrogen) atoms. The smallest absolute Gasteiger partial charge is 0.335 e. The van der Waals surface area contributed by atoms with Crippen LogP contribution < -0.4 is 9.64 Å². The summed E-state index contributed by atoms with van der Waals surface area (Å²) in [5, 5.41) is 9.02. The molecule has 0 spiro atoms. The second-order valence-electron chi connectivity index (χ2n) is 4.78. The van der Waals surface area contributed by atoms with Crippen LogP contribution >= 0.6 is 0 Å². The van der Waals surface area contributed by atoms with Gasteiger partial charge in [0.2, 0.25) is 11.8 Å². The minimum Gasteiger partial charge on any atom is -0.495 e. The Morgan fingerprint density at radius 2 is 1.75 bits per heavy atom. The van der Waals surface area contributed by atoms with Gasteiger partial charge in [0.15, 0.2) is 0 Å². The summed E-state index contributed by atoms with van der Waals surface area (Å²) in [7, 11) is 1.40. The molecule has 0 aliphatic carbocycles. The van der Waals surface area contributed by atoms with Crippen LogP contribution in [0.4, 0.5) is 5.69 Å². The van der Waals surface area contributed by atoms with Gasteiger partial charge in [-0.25, -0.2) is 9.69 Å². The molecule has 1 N–H and O–H groups in total. The quantitative estimate of drug-likeness (QED) is 0.847. The highest BCUT2D eigenvalue weighted by Gasteiger charge is 2.44. The lowest BCUT2D eigenvalue weighted by atomic mass is 10.00. The SMILES string of the molecule is COc1ccc(C(=O)O)cc1N1C(=O)C(C)C(C)C1=O. The Morgan fingerprint density at radius 1 is 1.20 bits per heavy atom. The van der Waals surface area contributed by atoms with Crippen LogP contribution in [0.2, 0.25) is 0 Å². The molecule has 1 saturated heterocycles. The van der Waals surface area contributed by atoms with Crippen LogP contribution in [0.15, 0.2) is 18.2 Å². The first kappa shape index (κ1) is 14.0. The van der Waals surface area contributed by atoms with Gasteiger partial charge in [-0.05, 0) is 18.2 Å². The summed E-state index contributed by atoms with van der Waals surface area (Å²) in [6.07, 6.45) is 0. The number of hydrogen-bond acceptors (Lipinski definition) is 4. The maximum absolute atomic E-state index is 12.2. The van der Waals surface area contributed by atoms with Crippen molar-refractivity contribution >= 4 is 23.5 Å². The zero-order valence-corrected chi connectivity index (χ0v) is 11.4. The molecule has 1 heterocycles. The van der Waals surface area contributed by atoms with E-state index >= 15 is 0 Å². The van der Waals surface area contributed by atoms with E-state index in [-0.39, 0.29) is 28.8 Å². The first-order valence-electron chi connectivity index (χ1n) is 6.17. The Hall–Kier alpha value is -2.37. The van der Waals surface area contributed by atoms with E-state index in [2.05, 4.69) is 0 Å². The molecule has 1 aromatic carbocycles. The van der Waals surface area contributed by atoms with Crippen molar-refractivity contribution in [3.05, 3.63) is 23.8 Å². The van der Waals surface area contributed by atoms with Gasteiger partial charge in [0, 0.05) is 11.8 Å². The number of carbonyl (C=O) groups excluding carboxylic acids is 2. The number of amides is 2. The Bertz CT molecular complexity index is 575. The van der Waals surface area contributed by atoms with E-state index in [1.807, 2.05) is 0 Å². The van der Waals surface area contributed by atoms with E-state index in [4.69, 9.17) is 9.84 Å². The van der Waals surface area contributed by atoms with Crippen molar-refractivity contribution in [1.29, 1.82) is 0 Å². The van der Waals surface area contributed by atoms with Gasteiger partial charge in [0.25, 0.3) is 0 Å². The third kappa shape index (κ3) is 2.03. The van der Waals surface area contributed by atoms with Crippen molar-refractivity contribution in [2.75, 3.05) is 12.0 Å². The van der Waals surface area contributed by atoms with Crippen LogP contribution in [0.3, 0.4) is 0 Å². The van der Waals surface area contributed by atoms with Crippen LogP contribution in [0.25, 0.3) is 0 Å². The van der Waals surface area contributed by atoms with Gasteiger partial charge >= 0.3 is 5.97 Å². The Kier molecular flexibility index (Phi) is 3.48. The van der Waals surface area contributed by atoms with E-state index in [0.717, 1.165) is 4.90 Å². The van der Waals surface area contributed by atoms with Crippen molar-refractivity contribution < 1.29 is 24.2 Å². The lowest BCUT2D eigenvalue weighted by Crippen LogP contribution is -2.31. The fourth-order valence-corrected chi connectivity index (χ4v) is 2.18. The van der Waals surface area contributed by atoms with Crippen LogP contribution in [0, 0.1) is 11.8 Å². The molecule has 2 atom stereocenters. The summed E-state index contributed by atoms with van der Waals surface area (Å²) in [6, 6.07) is 4.08. The lowest BCUT2D eigenvalue weighted by molar-refractivity contribution is -0.122. The minimum absolute atomic E-state index is 0.00592.